The normalized spacial score (nSPS) is 11.9. The monoisotopic (exact) mass is 362 g/mol. The van der Waals surface area contributed by atoms with E-state index in [0.29, 0.717) is 24.6 Å². The van der Waals surface area contributed by atoms with Crippen LogP contribution in [0.5, 0.6) is 0 Å². The van der Waals surface area contributed by atoms with Crippen molar-refractivity contribution >= 4 is 17.0 Å². The second-order valence-electron chi connectivity index (χ2n) is 6.36. The summed E-state index contributed by atoms with van der Waals surface area (Å²) in [5, 5.41) is 3.16. The van der Waals surface area contributed by atoms with Gasteiger partial charge in [-0.25, -0.2) is 4.98 Å². The summed E-state index contributed by atoms with van der Waals surface area (Å²) >= 11 is 0. The minimum Gasteiger partial charge on any atom is -0.354 e. The Balaban J connectivity index is 2.06. The van der Waals surface area contributed by atoms with Crippen molar-refractivity contribution in [2.75, 3.05) is 18.4 Å². The van der Waals surface area contributed by atoms with Gasteiger partial charge in [-0.3, -0.25) is 0 Å². The smallest absolute Gasteiger partial charge is 0.354 e. The van der Waals surface area contributed by atoms with E-state index in [4.69, 9.17) is 5.73 Å². The molecule has 0 aliphatic heterocycles. The first-order valence-corrected chi connectivity index (χ1v) is 8.37. The van der Waals surface area contributed by atoms with Gasteiger partial charge >= 0.3 is 6.18 Å². The Morgan fingerprint density at radius 3 is 2.54 bits per heavy atom. The summed E-state index contributed by atoms with van der Waals surface area (Å²) in [6.07, 6.45) is -4.36. The molecule has 4 nitrogen and oxygen atoms in total. The van der Waals surface area contributed by atoms with Crippen LogP contribution in [0, 0.1) is 13.8 Å². The minimum atomic E-state index is -4.36. The Morgan fingerprint density at radius 2 is 1.85 bits per heavy atom. The van der Waals surface area contributed by atoms with Crippen LogP contribution in [0.1, 0.15) is 22.3 Å². The number of benzene rings is 2. The van der Waals surface area contributed by atoms with E-state index in [1.54, 1.807) is 6.07 Å². The molecule has 3 N–H and O–H groups in total. The topological polar surface area (TPSA) is 55.9 Å². The fourth-order valence-electron chi connectivity index (χ4n) is 2.89. The molecule has 1 heterocycles. The maximum Gasteiger partial charge on any atom is 0.416 e. The van der Waals surface area contributed by atoms with Crippen molar-refractivity contribution in [2.45, 2.75) is 26.6 Å². The standard InChI is InChI=1S/C19H21F3N4/c1-12-8-16-17(9-13(12)2)26(18(25-16)24-7-6-23)11-14-4-3-5-15(10-14)19(20,21)22/h3-5,8-10H,6-7,11,23H2,1-2H3,(H,24,25). The summed E-state index contributed by atoms with van der Waals surface area (Å²) in [7, 11) is 0. The average Bonchev–Trinajstić information content (AvgIpc) is 2.90. The molecule has 0 saturated heterocycles. The van der Waals surface area contributed by atoms with E-state index < -0.39 is 11.7 Å². The summed E-state index contributed by atoms with van der Waals surface area (Å²) in [5.74, 6) is 0.605. The molecule has 0 bridgehead atoms. The van der Waals surface area contributed by atoms with Gasteiger partial charge in [0.15, 0.2) is 0 Å². The van der Waals surface area contributed by atoms with Crippen molar-refractivity contribution in [3.63, 3.8) is 0 Å². The summed E-state index contributed by atoms with van der Waals surface area (Å²) in [4.78, 5) is 4.59. The van der Waals surface area contributed by atoms with Gasteiger partial charge in [-0.2, -0.15) is 13.2 Å². The predicted molar refractivity (Wildman–Crippen MR) is 97.3 cm³/mol. The molecule has 7 heteroatoms. The van der Waals surface area contributed by atoms with Gasteiger partial charge in [-0.1, -0.05) is 12.1 Å². The Morgan fingerprint density at radius 1 is 1.12 bits per heavy atom. The van der Waals surface area contributed by atoms with Crippen LogP contribution in [0.15, 0.2) is 36.4 Å². The molecule has 0 saturated carbocycles. The van der Waals surface area contributed by atoms with Crippen LogP contribution in [0.25, 0.3) is 11.0 Å². The van der Waals surface area contributed by atoms with E-state index in [1.165, 1.54) is 12.1 Å². The fraction of sp³-hybridized carbons (Fsp3) is 0.316. The highest BCUT2D eigenvalue weighted by Gasteiger charge is 2.30. The lowest BCUT2D eigenvalue weighted by atomic mass is 10.1. The number of aryl methyl sites for hydroxylation is 2. The molecule has 0 radical (unpaired) electrons. The van der Waals surface area contributed by atoms with Crippen LogP contribution in [-0.2, 0) is 12.7 Å². The molecule has 26 heavy (non-hydrogen) atoms. The zero-order valence-corrected chi connectivity index (χ0v) is 14.7. The first-order chi connectivity index (χ1) is 12.3. The largest absolute Gasteiger partial charge is 0.416 e. The molecule has 2 aromatic carbocycles. The van der Waals surface area contributed by atoms with Gasteiger partial charge in [0.1, 0.15) is 0 Å². The minimum absolute atomic E-state index is 0.288. The number of nitrogens with two attached hydrogens (primary N) is 1. The maximum absolute atomic E-state index is 13.0. The highest BCUT2D eigenvalue weighted by molar-refractivity contribution is 5.80. The van der Waals surface area contributed by atoms with Crippen molar-refractivity contribution in [1.82, 2.24) is 9.55 Å². The Labute approximate surface area is 149 Å². The van der Waals surface area contributed by atoms with E-state index in [2.05, 4.69) is 10.3 Å². The molecule has 1 aromatic heterocycles. The number of nitrogens with zero attached hydrogens (tertiary/aromatic N) is 2. The number of hydrogen-bond acceptors (Lipinski definition) is 3. The third kappa shape index (κ3) is 3.67. The maximum atomic E-state index is 13.0. The van der Waals surface area contributed by atoms with E-state index in [0.717, 1.165) is 28.2 Å². The average molecular weight is 362 g/mol. The van der Waals surface area contributed by atoms with Crippen LogP contribution in [0.2, 0.25) is 0 Å². The van der Waals surface area contributed by atoms with Gasteiger partial charge in [0.2, 0.25) is 5.95 Å². The quantitative estimate of drug-likeness (QED) is 0.719. The van der Waals surface area contributed by atoms with Crippen LogP contribution < -0.4 is 11.1 Å². The SMILES string of the molecule is Cc1cc2nc(NCCN)n(Cc3cccc(C(F)(F)F)c3)c2cc1C. The fourth-order valence-corrected chi connectivity index (χ4v) is 2.89. The molecule has 0 fully saturated rings. The Kier molecular flexibility index (Phi) is 4.91. The molecular weight excluding hydrogens is 341 g/mol. The zero-order valence-electron chi connectivity index (χ0n) is 14.7. The lowest BCUT2D eigenvalue weighted by Crippen LogP contribution is -2.16. The number of rotatable bonds is 5. The molecule has 0 aliphatic rings. The summed E-state index contributed by atoms with van der Waals surface area (Å²) < 4.78 is 40.9. The van der Waals surface area contributed by atoms with E-state index in [9.17, 15) is 13.2 Å². The highest BCUT2D eigenvalue weighted by Crippen LogP contribution is 2.30. The Bertz CT molecular complexity index is 928. The molecule has 0 atom stereocenters. The van der Waals surface area contributed by atoms with Crippen molar-refractivity contribution in [3.05, 3.63) is 58.7 Å². The molecule has 0 aliphatic carbocycles. The highest BCUT2D eigenvalue weighted by atomic mass is 19.4. The third-order valence-corrected chi connectivity index (χ3v) is 4.39. The number of hydrogen-bond donors (Lipinski definition) is 2. The van der Waals surface area contributed by atoms with E-state index in [-0.39, 0.29) is 6.54 Å². The number of nitrogens with one attached hydrogen (secondary N) is 1. The third-order valence-electron chi connectivity index (χ3n) is 4.39. The van der Waals surface area contributed by atoms with Crippen LogP contribution in [-0.4, -0.2) is 22.6 Å². The number of anilines is 1. The van der Waals surface area contributed by atoms with Crippen LogP contribution in [0.3, 0.4) is 0 Å². The van der Waals surface area contributed by atoms with Gasteiger partial charge in [-0.05, 0) is 54.8 Å². The molecule has 3 rings (SSSR count). The number of alkyl halides is 3. The number of halogens is 3. The number of fused-ring (bicyclic) bond motifs is 1. The number of imidazole rings is 1. The number of aromatic nitrogens is 2. The molecular formula is C19H21F3N4. The molecule has 138 valence electrons. The zero-order chi connectivity index (χ0) is 18.9. The van der Waals surface area contributed by atoms with Crippen molar-refractivity contribution in [2.24, 2.45) is 5.73 Å². The lowest BCUT2D eigenvalue weighted by Gasteiger charge is -2.13. The summed E-state index contributed by atoms with van der Waals surface area (Å²) in [6.45, 7) is 5.27. The summed E-state index contributed by atoms with van der Waals surface area (Å²) in [6, 6.07) is 9.38. The Hall–Kier alpha value is -2.54. The van der Waals surface area contributed by atoms with Gasteiger partial charge in [0, 0.05) is 13.1 Å². The van der Waals surface area contributed by atoms with Crippen molar-refractivity contribution < 1.29 is 13.2 Å². The second-order valence-corrected chi connectivity index (χ2v) is 6.36. The van der Waals surface area contributed by atoms with Gasteiger partial charge in [-0.15, -0.1) is 0 Å². The molecule has 0 unspecified atom stereocenters. The van der Waals surface area contributed by atoms with Crippen molar-refractivity contribution in [3.8, 4) is 0 Å². The lowest BCUT2D eigenvalue weighted by molar-refractivity contribution is -0.137. The molecule has 3 aromatic rings. The van der Waals surface area contributed by atoms with Crippen LogP contribution >= 0.6 is 0 Å². The van der Waals surface area contributed by atoms with Crippen LogP contribution in [0.4, 0.5) is 19.1 Å². The molecule has 0 spiro atoms. The first kappa shape index (κ1) is 18.3. The van der Waals surface area contributed by atoms with Crippen molar-refractivity contribution in [1.29, 1.82) is 0 Å². The van der Waals surface area contributed by atoms with E-state index in [1.807, 2.05) is 30.5 Å². The van der Waals surface area contributed by atoms with E-state index >= 15 is 0 Å². The second kappa shape index (κ2) is 6.99. The predicted octanol–water partition coefficient (Wildman–Crippen LogP) is 4.09. The molecule has 0 amide bonds. The van der Waals surface area contributed by atoms with Gasteiger partial charge in [0.05, 0.1) is 23.1 Å². The first-order valence-electron chi connectivity index (χ1n) is 8.37. The van der Waals surface area contributed by atoms with Gasteiger partial charge < -0.3 is 15.6 Å². The van der Waals surface area contributed by atoms with Gasteiger partial charge in [0.25, 0.3) is 0 Å². The summed E-state index contributed by atoms with van der Waals surface area (Å²) in [5.41, 5.74) is 9.38.